The molecule has 54 valence electrons. The fourth-order valence-corrected chi connectivity index (χ4v) is 1.25. The van der Waals surface area contributed by atoms with Crippen molar-refractivity contribution in [2.24, 2.45) is 11.7 Å². The zero-order valence-electron chi connectivity index (χ0n) is 5.93. The fourth-order valence-electron chi connectivity index (χ4n) is 1.25. The van der Waals surface area contributed by atoms with E-state index in [2.05, 4.69) is 0 Å². The molecule has 0 saturated heterocycles. The molecule has 0 aromatic carbocycles. The molecule has 1 aliphatic rings. The second-order valence-corrected chi connectivity index (χ2v) is 3.09. The molecule has 9 heavy (non-hydrogen) atoms. The Labute approximate surface area is 56.1 Å². The van der Waals surface area contributed by atoms with Crippen LogP contribution in [0.3, 0.4) is 0 Å². The van der Waals surface area contributed by atoms with Gasteiger partial charge in [0.15, 0.2) is 0 Å². The summed E-state index contributed by atoms with van der Waals surface area (Å²) >= 11 is 0. The molecule has 0 aliphatic heterocycles. The summed E-state index contributed by atoms with van der Waals surface area (Å²) in [5, 5.41) is 9.60. The predicted octanol–water partition coefficient (Wildman–Crippen LogP) is 0.496. The molecule has 0 radical (unpaired) electrons. The van der Waals surface area contributed by atoms with Gasteiger partial charge < -0.3 is 10.8 Å². The molecule has 0 amide bonds. The maximum absolute atomic E-state index is 9.60. The van der Waals surface area contributed by atoms with Gasteiger partial charge in [0.25, 0.3) is 0 Å². The maximum Gasteiger partial charge on any atom is 0.0685 e. The Hall–Kier alpha value is -0.0800. The summed E-state index contributed by atoms with van der Waals surface area (Å²) in [6.07, 6.45) is 3.07. The molecule has 0 heterocycles. The van der Waals surface area contributed by atoms with Crippen LogP contribution >= 0.6 is 0 Å². The summed E-state index contributed by atoms with van der Waals surface area (Å²) in [7, 11) is 0. The van der Waals surface area contributed by atoms with Gasteiger partial charge in [-0.25, -0.2) is 0 Å². The second-order valence-electron chi connectivity index (χ2n) is 3.09. The number of aliphatic hydroxyl groups is 1. The minimum Gasteiger partial charge on any atom is -0.390 e. The van der Waals surface area contributed by atoms with Gasteiger partial charge in [-0.05, 0) is 31.7 Å². The van der Waals surface area contributed by atoms with Gasteiger partial charge in [-0.1, -0.05) is 6.92 Å². The number of hydrogen-bond donors (Lipinski definition) is 2. The van der Waals surface area contributed by atoms with Crippen molar-refractivity contribution in [2.75, 3.05) is 6.54 Å². The quantitative estimate of drug-likeness (QED) is 0.570. The number of rotatable bonds is 2. The molecule has 1 rings (SSSR count). The highest BCUT2D eigenvalue weighted by molar-refractivity contribution is 4.91. The van der Waals surface area contributed by atoms with Crippen molar-refractivity contribution in [1.29, 1.82) is 0 Å². The van der Waals surface area contributed by atoms with E-state index in [1.54, 1.807) is 0 Å². The zero-order chi connectivity index (χ0) is 6.91. The van der Waals surface area contributed by atoms with Crippen LogP contribution in [0.5, 0.6) is 0 Å². The minimum absolute atomic E-state index is 0.284. The van der Waals surface area contributed by atoms with Gasteiger partial charge in [0, 0.05) is 0 Å². The van der Waals surface area contributed by atoms with Crippen molar-refractivity contribution in [2.45, 2.75) is 31.8 Å². The molecule has 1 aliphatic carbocycles. The largest absolute Gasteiger partial charge is 0.390 e. The zero-order valence-corrected chi connectivity index (χ0v) is 5.93. The lowest BCUT2D eigenvalue weighted by Crippen LogP contribution is -2.46. The summed E-state index contributed by atoms with van der Waals surface area (Å²) in [5.41, 5.74) is 5.01. The van der Waals surface area contributed by atoms with Crippen molar-refractivity contribution in [1.82, 2.24) is 0 Å². The third-order valence-electron chi connectivity index (χ3n) is 2.49. The molecule has 2 heteroatoms. The van der Waals surface area contributed by atoms with Crippen molar-refractivity contribution >= 4 is 0 Å². The minimum atomic E-state index is -0.394. The van der Waals surface area contributed by atoms with E-state index in [-0.39, 0.29) is 5.92 Å². The highest BCUT2D eigenvalue weighted by Crippen LogP contribution is 2.37. The SMILES string of the molecule is CC(CN)C1(O)CCC1. The summed E-state index contributed by atoms with van der Waals surface area (Å²) in [6.45, 7) is 2.62. The van der Waals surface area contributed by atoms with E-state index in [1.165, 1.54) is 6.42 Å². The fraction of sp³-hybridized carbons (Fsp3) is 1.00. The van der Waals surface area contributed by atoms with E-state index in [0.29, 0.717) is 6.54 Å². The Morgan fingerprint density at radius 3 is 2.33 bits per heavy atom. The number of hydrogen-bond acceptors (Lipinski definition) is 2. The highest BCUT2D eigenvalue weighted by atomic mass is 16.3. The second kappa shape index (κ2) is 2.27. The van der Waals surface area contributed by atoms with Gasteiger partial charge >= 0.3 is 0 Å². The van der Waals surface area contributed by atoms with Crippen molar-refractivity contribution < 1.29 is 5.11 Å². The molecule has 2 nitrogen and oxygen atoms in total. The third kappa shape index (κ3) is 1.10. The Bertz CT molecular complexity index is 99.1. The van der Waals surface area contributed by atoms with Crippen molar-refractivity contribution in [3.8, 4) is 0 Å². The first-order chi connectivity index (χ1) is 4.19. The molecular weight excluding hydrogens is 114 g/mol. The van der Waals surface area contributed by atoms with E-state index >= 15 is 0 Å². The van der Waals surface area contributed by atoms with E-state index in [1.807, 2.05) is 6.92 Å². The average Bonchev–Trinajstić information content (AvgIpc) is 1.81. The Morgan fingerprint density at radius 2 is 2.22 bits per heavy atom. The molecule has 0 bridgehead atoms. The molecule has 0 aromatic rings. The van der Waals surface area contributed by atoms with E-state index in [9.17, 15) is 5.11 Å². The third-order valence-corrected chi connectivity index (χ3v) is 2.49. The lowest BCUT2D eigenvalue weighted by molar-refractivity contribution is -0.0746. The highest BCUT2D eigenvalue weighted by Gasteiger charge is 2.38. The van der Waals surface area contributed by atoms with Crippen LogP contribution in [0.4, 0.5) is 0 Å². The van der Waals surface area contributed by atoms with Crippen LogP contribution in [0.25, 0.3) is 0 Å². The predicted molar refractivity (Wildman–Crippen MR) is 37.0 cm³/mol. The Kier molecular flexibility index (Phi) is 1.78. The first-order valence-electron chi connectivity index (χ1n) is 3.61. The van der Waals surface area contributed by atoms with Crippen LogP contribution in [-0.2, 0) is 0 Å². The Balaban J connectivity index is 2.38. The van der Waals surface area contributed by atoms with Gasteiger partial charge in [0.05, 0.1) is 5.60 Å². The number of nitrogens with two attached hydrogens (primary N) is 1. The van der Waals surface area contributed by atoms with E-state index in [0.717, 1.165) is 12.8 Å². The maximum atomic E-state index is 9.60. The summed E-state index contributed by atoms with van der Waals surface area (Å²) < 4.78 is 0. The van der Waals surface area contributed by atoms with Gasteiger partial charge in [-0.3, -0.25) is 0 Å². The topological polar surface area (TPSA) is 46.2 Å². The van der Waals surface area contributed by atoms with Gasteiger partial charge in [0.2, 0.25) is 0 Å². The van der Waals surface area contributed by atoms with Crippen LogP contribution in [0, 0.1) is 5.92 Å². The monoisotopic (exact) mass is 129 g/mol. The standard InChI is InChI=1S/C7H15NO/c1-6(5-8)7(9)3-2-4-7/h6,9H,2-5,8H2,1H3. The lowest BCUT2D eigenvalue weighted by atomic mass is 9.72. The molecule has 1 atom stereocenters. The molecule has 1 fully saturated rings. The molecule has 1 saturated carbocycles. The van der Waals surface area contributed by atoms with Crippen molar-refractivity contribution in [3.05, 3.63) is 0 Å². The van der Waals surface area contributed by atoms with Crippen LogP contribution in [0.15, 0.2) is 0 Å². The van der Waals surface area contributed by atoms with E-state index < -0.39 is 5.60 Å². The smallest absolute Gasteiger partial charge is 0.0685 e. The van der Waals surface area contributed by atoms with Crippen LogP contribution < -0.4 is 5.73 Å². The van der Waals surface area contributed by atoms with Crippen LogP contribution in [0.1, 0.15) is 26.2 Å². The van der Waals surface area contributed by atoms with Gasteiger partial charge in [-0.15, -0.1) is 0 Å². The Morgan fingerprint density at radius 1 is 1.67 bits per heavy atom. The molecule has 1 unspecified atom stereocenters. The van der Waals surface area contributed by atoms with Gasteiger partial charge in [-0.2, -0.15) is 0 Å². The van der Waals surface area contributed by atoms with Crippen molar-refractivity contribution in [3.63, 3.8) is 0 Å². The summed E-state index contributed by atoms with van der Waals surface area (Å²) in [4.78, 5) is 0. The van der Waals surface area contributed by atoms with Crippen LogP contribution in [0.2, 0.25) is 0 Å². The molecule has 0 aromatic heterocycles. The summed E-state index contributed by atoms with van der Waals surface area (Å²) in [6, 6.07) is 0. The first-order valence-corrected chi connectivity index (χ1v) is 3.61. The summed E-state index contributed by atoms with van der Waals surface area (Å²) in [5.74, 6) is 0.284. The van der Waals surface area contributed by atoms with E-state index in [4.69, 9.17) is 5.73 Å². The molecular formula is C7H15NO. The van der Waals surface area contributed by atoms with Crippen LogP contribution in [-0.4, -0.2) is 17.3 Å². The van der Waals surface area contributed by atoms with Gasteiger partial charge in [0.1, 0.15) is 0 Å². The lowest BCUT2D eigenvalue weighted by Gasteiger charge is -2.41. The first kappa shape index (κ1) is 7.03. The normalized spacial score (nSPS) is 27.0. The molecule has 3 N–H and O–H groups in total. The average molecular weight is 129 g/mol. The molecule has 0 spiro atoms.